The van der Waals surface area contributed by atoms with Gasteiger partial charge in [0.15, 0.2) is 0 Å². The van der Waals surface area contributed by atoms with E-state index < -0.39 is 0 Å². The van der Waals surface area contributed by atoms with Gasteiger partial charge in [0, 0.05) is 25.7 Å². The number of carbonyl (C=O) groups excluding carboxylic acids is 3. The molecule has 3 N–H and O–H groups in total. The summed E-state index contributed by atoms with van der Waals surface area (Å²) in [6.45, 7) is 0.708. The van der Waals surface area contributed by atoms with E-state index in [-0.39, 0.29) is 23.3 Å². The van der Waals surface area contributed by atoms with Crippen molar-refractivity contribution in [3.8, 4) is 0 Å². The van der Waals surface area contributed by atoms with Gasteiger partial charge in [0.1, 0.15) is 0 Å². The fraction of sp³-hybridized carbons (Fsp3) is 0.250. The quantitative estimate of drug-likeness (QED) is 0.711. The minimum atomic E-state index is -0.386. The monoisotopic (exact) mass is 247 g/mol. The normalized spacial score (nSPS) is 13.8. The molecule has 1 aliphatic heterocycles. The maximum atomic E-state index is 11.7. The van der Waals surface area contributed by atoms with Crippen LogP contribution in [0, 0.1) is 0 Å². The minimum absolute atomic E-state index is 0.267. The number of rotatable bonds is 3. The van der Waals surface area contributed by atoms with E-state index in [4.69, 9.17) is 5.73 Å². The van der Waals surface area contributed by atoms with Crippen LogP contribution in [0.3, 0.4) is 0 Å². The number of nitrogens with zero attached hydrogens (tertiary/aromatic N) is 1. The number of hydrogen-bond donors (Lipinski definition) is 2. The maximum absolute atomic E-state index is 11.7. The van der Waals surface area contributed by atoms with Gasteiger partial charge in [-0.15, -0.1) is 0 Å². The van der Waals surface area contributed by atoms with Crippen molar-refractivity contribution in [3.05, 3.63) is 34.9 Å². The van der Waals surface area contributed by atoms with Crippen molar-refractivity contribution in [1.82, 2.24) is 10.2 Å². The van der Waals surface area contributed by atoms with Crippen LogP contribution >= 0.6 is 0 Å². The van der Waals surface area contributed by atoms with Crippen molar-refractivity contribution in [3.63, 3.8) is 0 Å². The van der Waals surface area contributed by atoms with Gasteiger partial charge in [0.05, 0.1) is 11.1 Å². The van der Waals surface area contributed by atoms with E-state index in [1.54, 1.807) is 0 Å². The Hall–Kier alpha value is -2.21. The first-order valence-corrected chi connectivity index (χ1v) is 5.51. The third-order valence-electron chi connectivity index (χ3n) is 2.78. The molecule has 3 amide bonds. The van der Waals surface area contributed by atoms with Crippen LogP contribution in [0.5, 0.6) is 0 Å². The van der Waals surface area contributed by atoms with Gasteiger partial charge in [-0.3, -0.25) is 19.3 Å². The summed E-state index contributed by atoms with van der Waals surface area (Å²) < 4.78 is 0. The molecule has 0 unspecified atom stereocenters. The molecule has 0 spiro atoms. The van der Waals surface area contributed by atoms with Crippen molar-refractivity contribution in [2.45, 2.75) is 0 Å². The Morgan fingerprint density at radius 1 is 1.28 bits per heavy atom. The number of amides is 3. The molecule has 1 aliphatic rings. The molecule has 1 heterocycles. The van der Waals surface area contributed by atoms with Crippen molar-refractivity contribution in [1.29, 1.82) is 0 Å². The highest BCUT2D eigenvalue weighted by molar-refractivity contribution is 6.21. The summed E-state index contributed by atoms with van der Waals surface area (Å²) in [5.74, 6) is -1.04. The third kappa shape index (κ3) is 1.86. The van der Waals surface area contributed by atoms with E-state index in [2.05, 4.69) is 5.32 Å². The zero-order valence-electron chi connectivity index (χ0n) is 9.90. The van der Waals surface area contributed by atoms with Crippen molar-refractivity contribution >= 4 is 17.7 Å². The zero-order chi connectivity index (χ0) is 13.3. The van der Waals surface area contributed by atoms with Crippen LogP contribution in [0.1, 0.15) is 31.1 Å². The minimum Gasteiger partial charge on any atom is -0.351 e. The number of carbonyl (C=O) groups is 3. The average Bonchev–Trinajstić information content (AvgIpc) is 2.61. The van der Waals surface area contributed by atoms with Gasteiger partial charge in [-0.25, -0.2) is 0 Å². The molecular weight excluding hydrogens is 234 g/mol. The molecule has 0 saturated carbocycles. The summed E-state index contributed by atoms with van der Waals surface area (Å²) >= 11 is 0. The Labute approximate surface area is 104 Å². The van der Waals surface area contributed by atoms with E-state index >= 15 is 0 Å². The molecule has 6 nitrogen and oxygen atoms in total. The molecule has 2 rings (SSSR count). The maximum Gasteiger partial charge on any atom is 0.261 e. The van der Waals surface area contributed by atoms with Crippen LogP contribution in [-0.4, -0.2) is 42.8 Å². The Balaban J connectivity index is 2.32. The Morgan fingerprint density at radius 2 is 1.94 bits per heavy atom. The summed E-state index contributed by atoms with van der Waals surface area (Å²) in [5, 5.41) is 2.60. The lowest BCUT2D eigenvalue weighted by Crippen LogP contribution is -2.29. The fourth-order valence-electron chi connectivity index (χ4n) is 1.79. The topological polar surface area (TPSA) is 92.5 Å². The van der Waals surface area contributed by atoms with Crippen LogP contribution in [0.15, 0.2) is 18.2 Å². The SMILES string of the molecule is CN1C(=O)c2ccc(C(=O)NCCN)cc2C1=O. The van der Waals surface area contributed by atoms with Gasteiger partial charge in [-0.05, 0) is 18.2 Å². The van der Waals surface area contributed by atoms with Gasteiger partial charge in [-0.2, -0.15) is 0 Å². The molecule has 94 valence electrons. The van der Waals surface area contributed by atoms with E-state index in [1.165, 1.54) is 25.2 Å². The second-order valence-corrected chi connectivity index (χ2v) is 3.97. The number of fused-ring (bicyclic) bond motifs is 1. The highest BCUT2D eigenvalue weighted by Gasteiger charge is 2.33. The molecule has 0 bridgehead atoms. The molecule has 1 aromatic carbocycles. The average molecular weight is 247 g/mol. The summed E-state index contributed by atoms with van der Waals surface area (Å²) in [5.41, 5.74) is 6.23. The second kappa shape index (κ2) is 4.58. The van der Waals surface area contributed by atoms with Crippen molar-refractivity contribution in [2.75, 3.05) is 20.1 Å². The van der Waals surface area contributed by atoms with E-state index in [9.17, 15) is 14.4 Å². The summed E-state index contributed by atoms with van der Waals surface area (Å²) in [6.07, 6.45) is 0. The molecule has 6 heteroatoms. The van der Waals surface area contributed by atoms with E-state index in [0.29, 0.717) is 24.2 Å². The number of benzene rings is 1. The summed E-state index contributed by atoms with van der Waals surface area (Å²) in [6, 6.07) is 4.45. The van der Waals surface area contributed by atoms with Gasteiger partial charge < -0.3 is 11.1 Å². The Bertz CT molecular complexity index is 539. The van der Waals surface area contributed by atoms with Crippen LogP contribution < -0.4 is 11.1 Å². The summed E-state index contributed by atoms with van der Waals surface area (Å²) in [7, 11) is 1.42. The van der Waals surface area contributed by atoms with Crippen molar-refractivity contribution < 1.29 is 14.4 Å². The lowest BCUT2D eigenvalue weighted by Gasteiger charge is -2.04. The lowest BCUT2D eigenvalue weighted by atomic mass is 10.1. The Kier molecular flexibility index (Phi) is 3.12. The highest BCUT2D eigenvalue weighted by Crippen LogP contribution is 2.22. The van der Waals surface area contributed by atoms with Crippen LogP contribution in [0.25, 0.3) is 0 Å². The van der Waals surface area contributed by atoms with E-state index in [0.717, 1.165) is 4.90 Å². The van der Waals surface area contributed by atoms with Crippen LogP contribution in [-0.2, 0) is 0 Å². The predicted octanol–water partition coefficient (Wildman–Crippen LogP) is -0.399. The van der Waals surface area contributed by atoms with Gasteiger partial charge in [-0.1, -0.05) is 0 Å². The number of nitrogens with one attached hydrogen (secondary N) is 1. The third-order valence-corrected chi connectivity index (χ3v) is 2.78. The van der Waals surface area contributed by atoms with Crippen molar-refractivity contribution in [2.24, 2.45) is 5.73 Å². The standard InChI is InChI=1S/C12H13N3O3/c1-15-11(17)8-3-2-7(6-9(8)12(15)18)10(16)14-5-4-13/h2-3,6H,4-5,13H2,1H3,(H,14,16). The summed E-state index contributed by atoms with van der Waals surface area (Å²) in [4.78, 5) is 36.1. The molecule has 1 aromatic rings. The van der Waals surface area contributed by atoms with Crippen LogP contribution in [0.2, 0.25) is 0 Å². The first-order chi connectivity index (χ1) is 8.56. The smallest absolute Gasteiger partial charge is 0.261 e. The lowest BCUT2D eigenvalue weighted by molar-refractivity contribution is 0.0693. The Morgan fingerprint density at radius 3 is 2.61 bits per heavy atom. The fourth-order valence-corrected chi connectivity index (χ4v) is 1.79. The predicted molar refractivity (Wildman–Crippen MR) is 64.3 cm³/mol. The number of imide groups is 1. The molecule has 18 heavy (non-hydrogen) atoms. The van der Waals surface area contributed by atoms with Gasteiger partial charge in [0.2, 0.25) is 0 Å². The largest absolute Gasteiger partial charge is 0.351 e. The zero-order valence-corrected chi connectivity index (χ0v) is 9.90. The first kappa shape index (κ1) is 12.3. The molecular formula is C12H13N3O3. The molecule has 0 fully saturated rings. The number of hydrogen-bond acceptors (Lipinski definition) is 4. The van der Waals surface area contributed by atoms with E-state index in [1.807, 2.05) is 0 Å². The number of nitrogens with two attached hydrogens (primary N) is 1. The molecule has 0 radical (unpaired) electrons. The molecule has 0 atom stereocenters. The molecule has 0 aromatic heterocycles. The highest BCUT2D eigenvalue weighted by atomic mass is 16.2. The van der Waals surface area contributed by atoms with Gasteiger partial charge >= 0.3 is 0 Å². The van der Waals surface area contributed by atoms with Gasteiger partial charge in [0.25, 0.3) is 17.7 Å². The second-order valence-electron chi connectivity index (χ2n) is 3.97. The molecule has 0 aliphatic carbocycles. The first-order valence-electron chi connectivity index (χ1n) is 5.51. The van der Waals surface area contributed by atoms with Crippen LogP contribution in [0.4, 0.5) is 0 Å². The molecule has 0 saturated heterocycles.